The van der Waals surface area contributed by atoms with Gasteiger partial charge in [-0.1, -0.05) is 0 Å². The summed E-state index contributed by atoms with van der Waals surface area (Å²) < 4.78 is 30.9. The summed E-state index contributed by atoms with van der Waals surface area (Å²) in [7, 11) is 1.19. The maximum absolute atomic E-state index is 13.3. The van der Waals surface area contributed by atoms with Crippen molar-refractivity contribution in [1.29, 1.82) is 0 Å². The highest BCUT2D eigenvalue weighted by molar-refractivity contribution is 7.80. The third-order valence-electron chi connectivity index (χ3n) is 2.11. The van der Waals surface area contributed by atoms with Gasteiger partial charge >= 0.3 is 0 Å². The Morgan fingerprint density at radius 3 is 2.50 bits per heavy atom. The SMILES string of the molecule is COc1c(F)cc(F)cc1C(O)C(O)CS. The van der Waals surface area contributed by atoms with Gasteiger partial charge in [-0.15, -0.1) is 0 Å². The first-order chi connectivity index (χ1) is 7.51. The molecule has 1 rings (SSSR count). The van der Waals surface area contributed by atoms with Crippen molar-refractivity contribution in [3.05, 3.63) is 29.3 Å². The molecule has 2 unspecified atom stereocenters. The second kappa shape index (κ2) is 5.47. The molecule has 1 aromatic rings. The van der Waals surface area contributed by atoms with Crippen LogP contribution in [0.2, 0.25) is 0 Å². The lowest BCUT2D eigenvalue weighted by atomic mass is 10.0. The third-order valence-corrected chi connectivity index (χ3v) is 2.49. The Hall–Kier alpha value is -0.850. The first-order valence-electron chi connectivity index (χ1n) is 4.51. The van der Waals surface area contributed by atoms with E-state index in [2.05, 4.69) is 12.6 Å². The summed E-state index contributed by atoms with van der Waals surface area (Å²) in [6, 6.07) is 1.56. The van der Waals surface area contributed by atoms with Crippen LogP contribution in [0.3, 0.4) is 0 Å². The second-order valence-corrected chi connectivity index (χ2v) is 3.57. The van der Waals surface area contributed by atoms with Crippen LogP contribution in [0.25, 0.3) is 0 Å². The largest absolute Gasteiger partial charge is 0.493 e. The summed E-state index contributed by atoms with van der Waals surface area (Å²) in [5.41, 5.74) is -0.137. The van der Waals surface area contributed by atoms with Gasteiger partial charge in [-0.05, 0) is 6.07 Å². The Morgan fingerprint density at radius 2 is 2.00 bits per heavy atom. The number of methoxy groups -OCH3 is 1. The van der Waals surface area contributed by atoms with Gasteiger partial charge in [0.05, 0.1) is 13.2 Å². The molecule has 1 aromatic carbocycles. The molecule has 0 fully saturated rings. The Kier molecular flexibility index (Phi) is 4.52. The molecular weight excluding hydrogens is 238 g/mol. The van der Waals surface area contributed by atoms with Crippen molar-refractivity contribution in [2.45, 2.75) is 12.2 Å². The van der Waals surface area contributed by atoms with Gasteiger partial charge in [0.25, 0.3) is 0 Å². The monoisotopic (exact) mass is 250 g/mol. The minimum absolute atomic E-state index is 0.0392. The van der Waals surface area contributed by atoms with Crippen LogP contribution in [0.5, 0.6) is 5.75 Å². The lowest BCUT2D eigenvalue weighted by Crippen LogP contribution is -2.20. The quantitative estimate of drug-likeness (QED) is 0.706. The average Bonchev–Trinajstić information content (AvgIpc) is 2.26. The molecule has 0 aliphatic heterocycles. The van der Waals surface area contributed by atoms with Crippen molar-refractivity contribution in [2.24, 2.45) is 0 Å². The van der Waals surface area contributed by atoms with Gasteiger partial charge in [0.1, 0.15) is 11.9 Å². The molecule has 16 heavy (non-hydrogen) atoms. The van der Waals surface area contributed by atoms with Crippen LogP contribution < -0.4 is 4.74 Å². The average molecular weight is 250 g/mol. The van der Waals surface area contributed by atoms with E-state index in [9.17, 15) is 19.0 Å². The van der Waals surface area contributed by atoms with E-state index >= 15 is 0 Å². The van der Waals surface area contributed by atoms with E-state index in [1.807, 2.05) is 0 Å². The first-order valence-corrected chi connectivity index (χ1v) is 5.14. The number of benzene rings is 1. The van der Waals surface area contributed by atoms with Gasteiger partial charge < -0.3 is 14.9 Å². The number of aliphatic hydroxyl groups is 2. The van der Waals surface area contributed by atoms with Crippen molar-refractivity contribution in [1.82, 2.24) is 0 Å². The van der Waals surface area contributed by atoms with E-state index < -0.39 is 23.8 Å². The number of ether oxygens (including phenoxy) is 1. The third kappa shape index (κ3) is 2.63. The van der Waals surface area contributed by atoms with Crippen LogP contribution in [-0.2, 0) is 0 Å². The number of hydrogen-bond donors (Lipinski definition) is 3. The van der Waals surface area contributed by atoms with Crippen molar-refractivity contribution < 1.29 is 23.7 Å². The van der Waals surface area contributed by atoms with Crippen molar-refractivity contribution in [2.75, 3.05) is 12.9 Å². The lowest BCUT2D eigenvalue weighted by Gasteiger charge is -2.19. The van der Waals surface area contributed by atoms with E-state index in [0.29, 0.717) is 6.07 Å². The van der Waals surface area contributed by atoms with E-state index in [0.717, 1.165) is 6.07 Å². The fourth-order valence-corrected chi connectivity index (χ4v) is 1.52. The van der Waals surface area contributed by atoms with Crippen LogP contribution in [0, 0.1) is 11.6 Å². The Labute approximate surface area is 97.1 Å². The molecule has 0 aliphatic carbocycles. The Balaban J connectivity index is 3.20. The maximum Gasteiger partial charge on any atom is 0.168 e. The zero-order chi connectivity index (χ0) is 12.3. The van der Waals surface area contributed by atoms with Gasteiger partial charge in [-0.2, -0.15) is 12.6 Å². The number of hydrogen-bond acceptors (Lipinski definition) is 4. The molecule has 6 heteroatoms. The molecule has 2 atom stereocenters. The summed E-state index contributed by atoms with van der Waals surface area (Å²) >= 11 is 3.78. The van der Waals surface area contributed by atoms with Gasteiger partial charge in [0.15, 0.2) is 11.6 Å². The molecule has 0 saturated heterocycles. The van der Waals surface area contributed by atoms with E-state index in [1.165, 1.54) is 7.11 Å². The fourth-order valence-electron chi connectivity index (χ4n) is 1.32. The predicted octanol–water partition coefficient (Wildman–Crippen LogP) is 1.30. The number of thiol groups is 1. The Morgan fingerprint density at radius 1 is 1.38 bits per heavy atom. The van der Waals surface area contributed by atoms with Gasteiger partial charge in [0, 0.05) is 17.4 Å². The summed E-state index contributed by atoms with van der Waals surface area (Å²) in [5.74, 6) is -2.10. The summed E-state index contributed by atoms with van der Waals surface area (Å²) in [6.45, 7) is 0. The van der Waals surface area contributed by atoms with Crippen molar-refractivity contribution >= 4 is 12.6 Å². The zero-order valence-electron chi connectivity index (χ0n) is 8.52. The maximum atomic E-state index is 13.3. The first kappa shape index (κ1) is 13.2. The molecule has 0 spiro atoms. The molecular formula is C10H12F2O3S. The summed E-state index contributed by atoms with van der Waals surface area (Å²) in [5, 5.41) is 19.0. The highest BCUT2D eigenvalue weighted by Crippen LogP contribution is 2.31. The molecule has 0 bridgehead atoms. The zero-order valence-corrected chi connectivity index (χ0v) is 9.42. The minimum Gasteiger partial charge on any atom is -0.493 e. The van der Waals surface area contributed by atoms with Crippen LogP contribution >= 0.6 is 12.6 Å². The highest BCUT2D eigenvalue weighted by atomic mass is 32.1. The fraction of sp³-hybridized carbons (Fsp3) is 0.400. The molecule has 0 saturated carbocycles. The standard InChI is InChI=1S/C10H12F2O3S/c1-15-10-6(9(14)8(13)4-16)2-5(11)3-7(10)12/h2-3,8-9,13-14,16H,4H2,1H3. The van der Waals surface area contributed by atoms with E-state index in [1.54, 1.807) is 0 Å². The molecule has 0 radical (unpaired) electrons. The topological polar surface area (TPSA) is 49.7 Å². The molecule has 0 heterocycles. The summed E-state index contributed by atoms with van der Waals surface area (Å²) in [4.78, 5) is 0. The van der Waals surface area contributed by atoms with Crippen LogP contribution in [-0.4, -0.2) is 29.2 Å². The van der Waals surface area contributed by atoms with Crippen LogP contribution in [0.1, 0.15) is 11.7 Å². The highest BCUT2D eigenvalue weighted by Gasteiger charge is 2.23. The normalized spacial score (nSPS) is 14.6. The molecule has 90 valence electrons. The minimum atomic E-state index is -1.45. The molecule has 0 amide bonds. The number of halogens is 2. The predicted molar refractivity (Wildman–Crippen MR) is 57.7 cm³/mol. The van der Waals surface area contributed by atoms with E-state index in [-0.39, 0.29) is 17.1 Å². The van der Waals surface area contributed by atoms with Gasteiger partial charge in [-0.3, -0.25) is 0 Å². The van der Waals surface area contributed by atoms with Gasteiger partial charge in [0.2, 0.25) is 0 Å². The lowest BCUT2D eigenvalue weighted by molar-refractivity contribution is 0.0317. The molecule has 2 N–H and O–H groups in total. The second-order valence-electron chi connectivity index (χ2n) is 3.20. The van der Waals surface area contributed by atoms with Crippen LogP contribution in [0.15, 0.2) is 12.1 Å². The van der Waals surface area contributed by atoms with E-state index in [4.69, 9.17) is 4.74 Å². The molecule has 0 aromatic heterocycles. The number of rotatable bonds is 4. The number of aliphatic hydroxyl groups excluding tert-OH is 2. The van der Waals surface area contributed by atoms with Gasteiger partial charge in [-0.25, -0.2) is 8.78 Å². The summed E-state index contributed by atoms with van der Waals surface area (Å²) in [6.07, 6.45) is -2.67. The molecule has 0 aliphatic rings. The smallest absolute Gasteiger partial charge is 0.168 e. The Bertz CT molecular complexity index is 373. The van der Waals surface area contributed by atoms with Crippen LogP contribution in [0.4, 0.5) is 8.78 Å². The van der Waals surface area contributed by atoms with Crippen molar-refractivity contribution in [3.63, 3.8) is 0 Å². The van der Waals surface area contributed by atoms with Crippen molar-refractivity contribution in [3.8, 4) is 5.75 Å². The molecule has 3 nitrogen and oxygen atoms in total.